The number of nitrogens with two attached hydrogens (primary N) is 1. The second kappa shape index (κ2) is 5.80. The van der Waals surface area contributed by atoms with Crippen molar-refractivity contribution in [3.63, 3.8) is 0 Å². The summed E-state index contributed by atoms with van der Waals surface area (Å²) in [6, 6.07) is 2.70. The van der Waals surface area contributed by atoms with Crippen molar-refractivity contribution in [2.45, 2.75) is 37.3 Å². The average molecular weight is 343 g/mol. The first-order chi connectivity index (χ1) is 12.0. The normalized spacial score (nSPS) is 27.4. The molecule has 25 heavy (non-hydrogen) atoms. The highest BCUT2D eigenvalue weighted by Gasteiger charge is 2.56. The average Bonchev–Trinajstić information content (AvgIpc) is 3.05. The van der Waals surface area contributed by atoms with Gasteiger partial charge in [0.1, 0.15) is 11.5 Å². The molecular formula is C17H21N5O3. The van der Waals surface area contributed by atoms with Gasteiger partial charge in [-0.15, -0.1) is 0 Å². The van der Waals surface area contributed by atoms with Crippen LogP contribution in [0.5, 0.6) is 0 Å². The maximum Gasteiger partial charge on any atom is 0.320 e. The fourth-order valence-corrected chi connectivity index (χ4v) is 4.31. The van der Waals surface area contributed by atoms with Crippen molar-refractivity contribution in [2.75, 3.05) is 24.5 Å². The molecule has 1 aromatic heterocycles. The predicted octanol–water partition coefficient (Wildman–Crippen LogP) is 0.362. The van der Waals surface area contributed by atoms with E-state index in [1.54, 1.807) is 12.1 Å². The molecule has 1 saturated heterocycles. The van der Waals surface area contributed by atoms with Crippen LogP contribution in [0.2, 0.25) is 0 Å². The van der Waals surface area contributed by atoms with Crippen LogP contribution >= 0.6 is 0 Å². The first kappa shape index (κ1) is 16.0. The Morgan fingerprint density at radius 3 is 2.68 bits per heavy atom. The number of primary amides is 1. The van der Waals surface area contributed by atoms with Gasteiger partial charge in [0.05, 0.1) is 12.1 Å². The van der Waals surface area contributed by atoms with Crippen LogP contribution in [0, 0.1) is 0 Å². The number of carbonyl (C=O) groups is 3. The van der Waals surface area contributed by atoms with Gasteiger partial charge < -0.3 is 11.1 Å². The number of anilines is 1. The number of pyridine rings is 1. The van der Waals surface area contributed by atoms with E-state index < -0.39 is 11.6 Å². The van der Waals surface area contributed by atoms with Gasteiger partial charge in [-0.3, -0.25) is 19.4 Å². The van der Waals surface area contributed by atoms with Crippen LogP contribution in [0.25, 0.3) is 0 Å². The molecule has 0 unspecified atom stereocenters. The number of hydrogen-bond donors (Lipinski definition) is 2. The highest BCUT2D eigenvalue weighted by atomic mass is 16.2. The Kier molecular flexibility index (Phi) is 3.72. The molecule has 1 aromatic rings. The Morgan fingerprint density at radius 2 is 2.04 bits per heavy atom. The fourth-order valence-electron chi connectivity index (χ4n) is 4.31. The summed E-state index contributed by atoms with van der Waals surface area (Å²) in [4.78, 5) is 43.2. The summed E-state index contributed by atoms with van der Waals surface area (Å²) < 4.78 is 0. The summed E-state index contributed by atoms with van der Waals surface area (Å²) >= 11 is 0. The summed E-state index contributed by atoms with van der Waals surface area (Å²) in [7, 11) is 0. The van der Waals surface area contributed by atoms with Crippen molar-refractivity contribution < 1.29 is 14.4 Å². The number of amides is 3. The van der Waals surface area contributed by atoms with Gasteiger partial charge in [0.2, 0.25) is 5.91 Å². The molecule has 132 valence electrons. The molecule has 3 N–H and O–H groups in total. The predicted molar refractivity (Wildman–Crippen MR) is 90.2 cm³/mol. The monoisotopic (exact) mass is 343 g/mol. The maximum atomic E-state index is 12.5. The van der Waals surface area contributed by atoms with E-state index >= 15 is 0 Å². The lowest BCUT2D eigenvalue weighted by atomic mass is 9.64. The fraction of sp³-hybridized carbons (Fsp3) is 0.529. The van der Waals surface area contributed by atoms with E-state index in [0.29, 0.717) is 31.5 Å². The molecular weight excluding hydrogens is 322 g/mol. The van der Waals surface area contributed by atoms with Crippen LogP contribution in [-0.4, -0.2) is 53.8 Å². The zero-order valence-corrected chi connectivity index (χ0v) is 13.9. The number of nitrogens with one attached hydrogen (secondary N) is 1. The standard InChI is InChI=1S/C17H21N5O3/c18-16(25)22-12-7-17(8-12,13-4-3-11(10-23)19-15(13)22)20-14(24)9-21-5-1-2-6-21/h3-4,10,12H,1-2,5-9H2,(H2,18,25)(H,20,24). The van der Waals surface area contributed by atoms with E-state index in [1.165, 1.54) is 4.90 Å². The summed E-state index contributed by atoms with van der Waals surface area (Å²) in [6.07, 6.45) is 4.15. The van der Waals surface area contributed by atoms with E-state index in [-0.39, 0.29) is 17.6 Å². The Labute approximate surface area is 145 Å². The SMILES string of the molecule is NC(=O)N1c2nc(C=O)ccc2C2(NC(=O)CN3CCCC3)CC1C2. The zero-order valence-electron chi connectivity index (χ0n) is 13.9. The van der Waals surface area contributed by atoms with Crippen molar-refractivity contribution in [1.29, 1.82) is 0 Å². The van der Waals surface area contributed by atoms with Crippen molar-refractivity contribution in [2.24, 2.45) is 5.73 Å². The minimum absolute atomic E-state index is 0.0155. The van der Waals surface area contributed by atoms with Crippen LogP contribution in [0.15, 0.2) is 12.1 Å². The molecule has 3 amide bonds. The maximum absolute atomic E-state index is 12.5. The van der Waals surface area contributed by atoms with E-state index in [2.05, 4.69) is 15.2 Å². The third kappa shape index (κ3) is 2.57. The number of rotatable bonds is 4. The molecule has 0 aromatic carbocycles. The Hall–Kier alpha value is -2.48. The highest BCUT2D eigenvalue weighted by molar-refractivity contribution is 5.94. The molecule has 3 aliphatic heterocycles. The minimum Gasteiger partial charge on any atom is -0.351 e. The molecule has 5 rings (SSSR count). The number of carbonyl (C=O) groups excluding carboxylic acids is 3. The largest absolute Gasteiger partial charge is 0.351 e. The van der Waals surface area contributed by atoms with E-state index in [0.717, 1.165) is 31.5 Å². The van der Waals surface area contributed by atoms with Gasteiger partial charge in [0.15, 0.2) is 6.29 Å². The van der Waals surface area contributed by atoms with E-state index in [4.69, 9.17) is 5.73 Å². The summed E-state index contributed by atoms with van der Waals surface area (Å²) in [5, 5.41) is 3.15. The minimum atomic E-state index is -0.585. The first-order valence-electron chi connectivity index (χ1n) is 8.61. The number of likely N-dealkylation sites (tertiary alicyclic amines) is 1. The third-order valence-electron chi connectivity index (χ3n) is 5.48. The topological polar surface area (TPSA) is 109 Å². The smallest absolute Gasteiger partial charge is 0.320 e. The zero-order chi connectivity index (χ0) is 17.6. The number of urea groups is 1. The Bertz CT molecular complexity index is 738. The van der Waals surface area contributed by atoms with Crippen LogP contribution in [0.3, 0.4) is 0 Å². The van der Waals surface area contributed by atoms with E-state index in [9.17, 15) is 14.4 Å². The quantitative estimate of drug-likeness (QED) is 0.768. The second-order valence-electron chi connectivity index (χ2n) is 7.11. The molecule has 1 aliphatic carbocycles. The molecule has 0 radical (unpaired) electrons. The van der Waals surface area contributed by atoms with Crippen molar-refractivity contribution in [3.05, 3.63) is 23.4 Å². The lowest BCUT2D eigenvalue weighted by Crippen LogP contribution is -2.68. The number of aromatic nitrogens is 1. The van der Waals surface area contributed by atoms with Crippen LogP contribution in [0.1, 0.15) is 41.7 Å². The van der Waals surface area contributed by atoms with Crippen molar-refractivity contribution in [1.82, 2.24) is 15.2 Å². The number of nitrogens with zero attached hydrogens (tertiary/aromatic N) is 3. The van der Waals surface area contributed by atoms with Gasteiger partial charge in [-0.25, -0.2) is 9.78 Å². The molecule has 4 aliphatic rings. The Balaban J connectivity index is 1.61. The molecule has 8 heteroatoms. The van der Waals surface area contributed by atoms with Crippen LogP contribution in [0.4, 0.5) is 10.6 Å². The summed E-state index contributed by atoms with van der Waals surface area (Å²) in [5.74, 6) is 0.374. The van der Waals surface area contributed by atoms with E-state index in [1.807, 2.05) is 0 Å². The van der Waals surface area contributed by atoms with Gasteiger partial charge in [-0.1, -0.05) is 6.07 Å². The number of aldehydes is 1. The molecule has 2 bridgehead atoms. The van der Waals surface area contributed by atoms with Gasteiger partial charge in [0, 0.05) is 11.6 Å². The highest BCUT2D eigenvalue weighted by Crippen LogP contribution is 2.52. The lowest BCUT2D eigenvalue weighted by molar-refractivity contribution is -0.125. The summed E-state index contributed by atoms with van der Waals surface area (Å²) in [6.45, 7) is 2.31. The molecule has 0 spiro atoms. The first-order valence-corrected chi connectivity index (χ1v) is 8.61. The van der Waals surface area contributed by atoms with Crippen LogP contribution < -0.4 is 16.0 Å². The lowest BCUT2D eigenvalue weighted by Gasteiger charge is -2.56. The number of hydrogen-bond acceptors (Lipinski definition) is 5. The third-order valence-corrected chi connectivity index (χ3v) is 5.48. The molecule has 2 fully saturated rings. The van der Waals surface area contributed by atoms with Gasteiger partial charge in [-0.2, -0.15) is 0 Å². The Morgan fingerprint density at radius 1 is 1.32 bits per heavy atom. The molecule has 1 saturated carbocycles. The van der Waals surface area contributed by atoms with Gasteiger partial charge in [-0.05, 0) is 44.8 Å². The molecule has 8 nitrogen and oxygen atoms in total. The van der Waals surface area contributed by atoms with Gasteiger partial charge in [0.25, 0.3) is 0 Å². The van der Waals surface area contributed by atoms with Crippen molar-refractivity contribution >= 4 is 24.0 Å². The molecule has 4 heterocycles. The van der Waals surface area contributed by atoms with Crippen molar-refractivity contribution in [3.8, 4) is 0 Å². The van der Waals surface area contributed by atoms with Gasteiger partial charge >= 0.3 is 6.03 Å². The molecule has 0 atom stereocenters. The van der Waals surface area contributed by atoms with Crippen LogP contribution in [-0.2, 0) is 10.3 Å². The second-order valence-corrected chi connectivity index (χ2v) is 7.11. The summed E-state index contributed by atoms with van der Waals surface area (Å²) in [5.41, 5.74) is 5.99.